The zero-order valence-electron chi connectivity index (χ0n) is 9.66. The van der Waals surface area contributed by atoms with Crippen LogP contribution in [-0.2, 0) is 6.61 Å². The Balaban J connectivity index is 2.08. The Bertz CT molecular complexity index is 460. The van der Waals surface area contributed by atoms with Crippen LogP contribution < -0.4 is 4.74 Å². The first-order valence-electron chi connectivity index (χ1n) is 5.41. The quantitative estimate of drug-likeness (QED) is 0.752. The monoisotopic (exact) mass is 211 g/mol. The third-order valence-corrected chi connectivity index (χ3v) is 2.79. The second kappa shape index (κ2) is 4.84. The van der Waals surface area contributed by atoms with E-state index >= 15 is 0 Å². The zero-order chi connectivity index (χ0) is 11.4. The maximum Gasteiger partial charge on any atom is 0.120 e. The molecule has 1 radical (unpaired) electrons. The van der Waals surface area contributed by atoms with Crippen molar-refractivity contribution in [1.29, 1.82) is 0 Å². The Morgan fingerprint density at radius 2 is 2.00 bits per heavy atom. The molecule has 0 amide bonds. The lowest BCUT2D eigenvalue weighted by Crippen LogP contribution is -1.98. The van der Waals surface area contributed by atoms with Crippen molar-refractivity contribution < 1.29 is 4.74 Å². The number of aryl methyl sites for hydroxylation is 1. The average Bonchev–Trinajstić information content (AvgIpc) is 2.32. The number of rotatable bonds is 3. The number of hydrogen-bond donors (Lipinski definition) is 0. The highest BCUT2D eigenvalue weighted by molar-refractivity contribution is 5.33. The van der Waals surface area contributed by atoms with Gasteiger partial charge in [-0.2, -0.15) is 0 Å². The van der Waals surface area contributed by atoms with Crippen molar-refractivity contribution >= 4 is 0 Å². The van der Waals surface area contributed by atoms with Gasteiger partial charge in [-0.25, -0.2) is 0 Å². The predicted octanol–water partition coefficient (Wildman–Crippen LogP) is 3.68. The van der Waals surface area contributed by atoms with Crippen LogP contribution in [0.5, 0.6) is 5.75 Å². The average molecular weight is 211 g/mol. The molecular weight excluding hydrogens is 196 g/mol. The van der Waals surface area contributed by atoms with E-state index in [0.29, 0.717) is 6.61 Å². The standard InChI is InChI=1S/C15H15O/c1-12-7-6-8-14(13(12)2)11-16-15-9-4-3-5-10-15/h3-4,6-10H,11H2,1-2H3. The van der Waals surface area contributed by atoms with E-state index in [1.807, 2.05) is 24.3 Å². The molecule has 0 saturated carbocycles. The molecule has 0 unspecified atom stereocenters. The zero-order valence-corrected chi connectivity index (χ0v) is 9.66. The van der Waals surface area contributed by atoms with E-state index in [1.54, 1.807) is 0 Å². The second-order valence-corrected chi connectivity index (χ2v) is 3.89. The molecule has 0 fully saturated rings. The lowest BCUT2D eigenvalue weighted by molar-refractivity contribution is 0.305. The summed E-state index contributed by atoms with van der Waals surface area (Å²) in [6, 6.07) is 16.9. The predicted molar refractivity (Wildman–Crippen MR) is 65.5 cm³/mol. The molecule has 2 aromatic carbocycles. The van der Waals surface area contributed by atoms with Crippen molar-refractivity contribution in [3.63, 3.8) is 0 Å². The van der Waals surface area contributed by atoms with Gasteiger partial charge in [0.2, 0.25) is 0 Å². The van der Waals surface area contributed by atoms with Crippen molar-refractivity contribution in [3.8, 4) is 5.75 Å². The van der Waals surface area contributed by atoms with E-state index in [4.69, 9.17) is 4.74 Å². The van der Waals surface area contributed by atoms with Crippen molar-refractivity contribution in [1.82, 2.24) is 0 Å². The molecule has 1 heteroatoms. The van der Waals surface area contributed by atoms with Crippen LogP contribution >= 0.6 is 0 Å². The summed E-state index contributed by atoms with van der Waals surface area (Å²) in [6.07, 6.45) is 0. The molecule has 81 valence electrons. The molecule has 0 aliphatic carbocycles. The Morgan fingerprint density at radius 1 is 1.12 bits per heavy atom. The maximum atomic E-state index is 5.70. The summed E-state index contributed by atoms with van der Waals surface area (Å²) in [5.74, 6) is 0.864. The smallest absolute Gasteiger partial charge is 0.120 e. The Morgan fingerprint density at radius 3 is 2.75 bits per heavy atom. The van der Waals surface area contributed by atoms with Crippen LogP contribution in [-0.4, -0.2) is 0 Å². The lowest BCUT2D eigenvalue weighted by Gasteiger charge is -2.10. The summed E-state index contributed by atoms with van der Waals surface area (Å²) in [7, 11) is 0. The Kier molecular flexibility index (Phi) is 3.25. The highest BCUT2D eigenvalue weighted by atomic mass is 16.5. The van der Waals surface area contributed by atoms with Gasteiger partial charge in [-0.1, -0.05) is 30.3 Å². The number of hydrogen-bond acceptors (Lipinski definition) is 1. The lowest BCUT2D eigenvalue weighted by atomic mass is 10.0. The van der Waals surface area contributed by atoms with Crippen LogP contribution in [0.1, 0.15) is 16.7 Å². The van der Waals surface area contributed by atoms with Gasteiger partial charge in [0.1, 0.15) is 12.4 Å². The number of ether oxygens (including phenoxy) is 1. The SMILES string of the molecule is Cc1cccc(COc2c[c]ccc2)c1C. The summed E-state index contributed by atoms with van der Waals surface area (Å²) in [5.41, 5.74) is 3.85. The third-order valence-electron chi connectivity index (χ3n) is 2.79. The topological polar surface area (TPSA) is 9.23 Å². The van der Waals surface area contributed by atoms with E-state index in [9.17, 15) is 0 Å². The summed E-state index contributed by atoms with van der Waals surface area (Å²) in [5, 5.41) is 0. The van der Waals surface area contributed by atoms with Gasteiger partial charge < -0.3 is 4.74 Å². The molecule has 1 nitrogen and oxygen atoms in total. The molecule has 0 heterocycles. The van der Waals surface area contributed by atoms with Gasteiger partial charge in [0.05, 0.1) is 0 Å². The van der Waals surface area contributed by atoms with E-state index in [2.05, 4.69) is 38.1 Å². The molecule has 2 aromatic rings. The Labute approximate surface area is 96.7 Å². The van der Waals surface area contributed by atoms with Gasteiger partial charge in [0.15, 0.2) is 0 Å². The minimum Gasteiger partial charge on any atom is -0.489 e. The summed E-state index contributed by atoms with van der Waals surface area (Å²) in [6.45, 7) is 4.87. The number of benzene rings is 2. The van der Waals surface area contributed by atoms with E-state index < -0.39 is 0 Å². The summed E-state index contributed by atoms with van der Waals surface area (Å²) in [4.78, 5) is 0. The van der Waals surface area contributed by atoms with Crippen LogP contribution in [0.4, 0.5) is 0 Å². The van der Waals surface area contributed by atoms with Crippen LogP contribution in [0, 0.1) is 19.9 Å². The minimum atomic E-state index is 0.616. The second-order valence-electron chi connectivity index (χ2n) is 3.89. The van der Waals surface area contributed by atoms with E-state index in [-0.39, 0.29) is 0 Å². The van der Waals surface area contributed by atoms with E-state index in [1.165, 1.54) is 16.7 Å². The van der Waals surface area contributed by atoms with Gasteiger partial charge in [0, 0.05) is 0 Å². The fourth-order valence-electron chi connectivity index (χ4n) is 1.60. The van der Waals surface area contributed by atoms with Crippen molar-refractivity contribution in [2.24, 2.45) is 0 Å². The molecular formula is C15H15O. The van der Waals surface area contributed by atoms with Crippen molar-refractivity contribution in [2.75, 3.05) is 0 Å². The van der Waals surface area contributed by atoms with Crippen molar-refractivity contribution in [2.45, 2.75) is 20.5 Å². The highest BCUT2D eigenvalue weighted by Gasteiger charge is 2.01. The molecule has 16 heavy (non-hydrogen) atoms. The first-order valence-corrected chi connectivity index (χ1v) is 5.41. The van der Waals surface area contributed by atoms with Crippen LogP contribution in [0.15, 0.2) is 42.5 Å². The molecule has 0 aliphatic heterocycles. The highest BCUT2D eigenvalue weighted by Crippen LogP contribution is 2.16. The summed E-state index contributed by atoms with van der Waals surface area (Å²) < 4.78 is 5.70. The fourth-order valence-corrected chi connectivity index (χ4v) is 1.60. The van der Waals surface area contributed by atoms with Gasteiger partial charge in [-0.05, 0) is 48.7 Å². The molecule has 0 saturated heterocycles. The molecule has 0 aromatic heterocycles. The van der Waals surface area contributed by atoms with Crippen molar-refractivity contribution in [3.05, 3.63) is 65.2 Å². The van der Waals surface area contributed by atoms with Gasteiger partial charge >= 0.3 is 0 Å². The summed E-state index contributed by atoms with van der Waals surface area (Å²) >= 11 is 0. The molecule has 0 atom stereocenters. The molecule has 2 rings (SSSR count). The van der Waals surface area contributed by atoms with E-state index in [0.717, 1.165) is 5.75 Å². The normalized spacial score (nSPS) is 10.1. The van der Waals surface area contributed by atoms with Crippen LogP contribution in [0.2, 0.25) is 0 Å². The van der Waals surface area contributed by atoms with Gasteiger partial charge in [-0.3, -0.25) is 0 Å². The first-order chi connectivity index (χ1) is 7.77. The van der Waals surface area contributed by atoms with Crippen LogP contribution in [0.25, 0.3) is 0 Å². The Hall–Kier alpha value is -1.76. The molecule has 0 N–H and O–H groups in total. The third kappa shape index (κ3) is 2.43. The fraction of sp³-hybridized carbons (Fsp3) is 0.200. The van der Waals surface area contributed by atoms with Crippen LogP contribution in [0.3, 0.4) is 0 Å². The first kappa shape index (κ1) is 10.7. The minimum absolute atomic E-state index is 0.616. The van der Waals surface area contributed by atoms with Gasteiger partial charge in [-0.15, -0.1) is 0 Å². The molecule has 0 aliphatic rings. The molecule has 0 spiro atoms. The largest absolute Gasteiger partial charge is 0.489 e. The molecule has 0 bridgehead atoms. The maximum absolute atomic E-state index is 5.70. The van der Waals surface area contributed by atoms with Gasteiger partial charge in [0.25, 0.3) is 0 Å².